The van der Waals surface area contributed by atoms with Crippen molar-refractivity contribution in [2.75, 3.05) is 5.32 Å². The van der Waals surface area contributed by atoms with Gasteiger partial charge in [-0.3, -0.25) is 0 Å². The van der Waals surface area contributed by atoms with Crippen LogP contribution in [0.4, 0.5) is 11.4 Å². The van der Waals surface area contributed by atoms with Gasteiger partial charge in [-0.2, -0.15) is 0 Å². The number of nitrogens with one attached hydrogen (secondary N) is 1. The van der Waals surface area contributed by atoms with Gasteiger partial charge in [-0.25, -0.2) is 0 Å². The smallest absolute Gasteiger partial charge is 0.0384 e. The van der Waals surface area contributed by atoms with Crippen LogP contribution in [0.3, 0.4) is 0 Å². The second-order valence-corrected chi connectivity index (χ2v) is 9.39. The van der Waals surface area contributed by atoms with Gasteiger partial charge >= 0.3 is 0 Å². The van der Waals surface area contributed by atoms with Gasteiger partial charge < -0.3 is 5.32 Å². The number of fused-ring (bicyclic) bond motifs is 3. The van der Waals surface area contributed by atoms with Crippen LogP contribution in [0.25, 0.3) is 43.8 Å². The fourth-order valence-corrected chi connectivity index (χ4v) is 4.85. The van der Waals surface area contributed by atoms with Gasteiger partial charge in [-0.05, 0) is 86.3 Å². The lowest BCUT2D eigenvalue weighted by Gasteiger charge is -2.12. The Labute approximate surface area is 207 Å². The van der Waals surface area contributed by atoms with Crippen molar-refractivity contribution in [2.45, 2.75) is 0 Å². The Morgan fingerprint density at radius 1 is 0.441 bits per heavy atom. The van der Waals surface area contributed by atoms with E-state index in [-0.39, 0.29) is 0 Å². The predicted molar refractivity (Wildman–Crippen MR) is 150 cm³/mol. The third kappa shape index (κ3) is 3.98. The Kier molecular flexibility index (Phi) is 5.37. The number of hydrogen-bond donors (Lipinski definition) is 1. The highest BCUT2D eigenvalue weighted by atomic mass is 79.9. The summed E-state index contributed by atoms with van der Waals surface area (Å²) in [4.78, 5) is 0. The van der Waals surface area contributed by atoms with Crippen LogP contribution >= 0.6 is 15.9 Å². The normalized spacial score (nSPS) is 11.1. The maximum atomic E-state index is 3.48. The molecule has 34 heavy (non-hydrogen) atoms. The quantitative estimate of drug-likeness (QED) is 0.238. The van der Waals surface area contributed by atoms with E-state index in [1.54, 1.807) is 0 Å². The van der Waals surface area contributed by atoms with Gasteiger partial charge in [0.15, 0.2) is 0 Å². The average molecular weight is 500 g/mol. The minimum Gasteiger partial charge on any atom is -0.356 e. The molecule has 0 saturated carbocycles. The first-order chi connectivity index (χ1) is 16.7. The lowest BCUT2D eigenvalue weighted by atomic mass is 9.92. The Morgan fingerprint density at radius 3 is 1.62 bits per heavy atom. The molecule has 6 rings (SSSR count). The first-order valence-electron chi connectivity index (χ1n) is 11.4. The van der Waals surface area contributed by atoms with Crippen molar-refractivity contribution in [1.29, 1.82) is 0 Å². The van der Waals surface area contributed by atoms with Crippen molar-refractivity contribution in [1.82, 2.24) is 0 Å². The van der Waals surface area contributed by atoms with E-state index in [1.807, 2.05) is 12.1 Å². The molecule has 6 aromatic rings. The van der Waals surface area contributed by atoms with Crippen molar-refractivity contribution < 1.29 is 0 Å². The molecule has 1 nitrogen and oxygen atoms in total. The first kappa shape index (κ1) is 20.7. The molecule has 6 aromatic carbocycles. The molecule has 0 aromatic heterocycles. The van der Waals surface area contributed by atoms with E-state index in [0.717, 1.165) is 15.8 Å². The summed E-state index contributed by atoms with van der Waals surface area (Å²) in [6, 6.07) is 45.3. The molecular weight excluding hydrogens is 478 g/mol. The third-order valence-electron chi connectivity index (χ3n) is 6.32. The van der Waals surface area contributed by atoms with Crippen LogP contribution in [0.2, 0.25) is 0 Å². The van der Waals surface area contributed by atoms with Crippen LogP contribution in [0.1, 0.15) is 0 Å². The van der Waals surface area contributed by atoms with Crippen LogP contribution in [0, 0.1) is 0 Å². The van der Waals surface area contributed by atoms with Gasteiger partial charge in [0.1, 0.15) is 0 Å². The molecule has 0 saturated heterocycles. The van der Waals surface area contributed by atoms with Crippen LogP contribution in [-0.4, -0.2) is 0 Å². The fraction of sp³-hybridized carbons (Fsp3) is 0. The molecule has 0 radical (unpaired) electrons. The highest BCUT2D eigenvalue weighted by Gasteiger charge is 2.08. The molecule has 2 heteroatoms. The number of hydrogen-bond acceptors (Lipinski definition) is 1. The topological polar surface area (TPSA) is 12.0 Å². The predicted octanol–water partition coefficient (Wildman–Crippen LogP) is 9.83. The SMILES string of the molecule is Brc1ccc(Nc2ccc(-c3ccc(-c4cc5ccccc5c5ccccc45)cc3)cc2)cc1. The molecule has 0 aliphatic rings. The zero-order chi connectivity index (χ0) is 22.9. The van der Waals surface area contributed by atoms with Gasteiger partial charge in [0.2, 0.25) is 0 Å². The molecule has 0 amide bonds. The summed E-state index contributed by atoms with van der Waals surface area (Å²) >= 11 is 3.48. The lowest BCUT2D eigenvalue weighted by Crippen LogP contribution is -1.89. The van der Waals surface area contributed by atoms with Gasteiger partial charge in [-0.1, -0.05) is 101 Å². The first-order valence-corrected chi connectivity index (χ1v) is 12.2. The zero-order valence-corrected chi connectivity index (χ0v) is 20.1. The molecule has 0 atom stereocenters. The summed E-state index contributed by atoms with van der Waals surface area (Å²) in [7, 11) is 0. The lowest BCUT2D eigenvalue weighted by molar-refractivity contribution is 1.53. The van der Waals surface area contributed by atoms with E-state index >= 15 is 0 Å². The van der Waals surface area contributed by atoms with E-state index in [2.05, 4.69) is 137 Å². The van der Waals surface area contributed by atoms with Crippen LogP contribution in [0.5, 0.6) is 0 Å². The summed E-state index contributed by atoms with van der Waals surface area (Å²) in [5.74, 6) is 0. The summed E-state index contributed by atoms with van der Waals surface area (Å²) in [6.07, 6.45) is 0. The van der Waals surface area contributed by atoms with Crippen LogP contribution < -0.4 is 5.32 Å². The summed E-state index contributed by atoms with van der Waals surface area (Å²) in [5, 5.41) is 8.61. The summed E-state index contributed by atoms with van der Waals surface area (Å²) in [6.45, 7) is 0. The highest BCUT2D eigenvalue weighted by molar-refractivity contribution is 9.10. The Hall–Kier alpha value is -3.88. The zero-order valence-electron chi connectivity index (χ0n) is 18.5. The Morgan fingerprint density at radius 2 is 0.941 bits per heavy atom. The van der Waals surface area contributed by atoms with Crippen LogP contribution in [-0.2, 0) is 0 Å². The van der Waals surface area contributed by atoms with Crippen molar-refractivity contribution in [3.8, 4) is 22.3 Å². The number of benzene rings is 6. The maximum Gasteiger partial charge on any atom is 0.0384 e. The highest BCUT2D eigenvalue weighted by Crippen LogP contribution is 2.35. The Balaban J connectivity index is 1.31. The molecule has 0 fully saturated rings. The van der Waals surface area contributed by atoms with Crippen molar-refractivity contribution in [3.63, 3.8) is 0 Å². The molecule has 1 N–H and O–H groups in total. The van der Waals surface area contributed by atoms with Crippen molar-refractivity contribution in [3.05, 3.63) is 132 Å². The number of halogens is 1. The Bertz CT molecular complexity index is 1600. The van der Waals surface area contributed by atoms with Crippen molar-refractivity contribution >= 4 is 48.8 Å². The van der Waals surface area contributed by atoms with E-state index in [9.17, 15) is 0 Å². The second-order valence-electron chi connectivity index (χ2n) is 8.48. The fourth-order valence-electron chi connectivity index (χ4n) is 4.58. The molecule has 0 heterocycles. The largest absolute Gasteiger partial charge is 0.356 e. The van der Waals surface area contributed by atoms with Crippen LogP contribution in [0.15, 0.2) is 132 Å². The second kappa shape index (κ2) is 8.81. The molecule has 0 spiro atoms. The van der Waals surface area contributed by atoms with E-state index in [0.29, 0.717) is 0 Å². The molecule has 0 bridgehead atoms. The van der Waals surface area contributed by atoms with Gasteiger partial charge in [0.25, 0.3) is 0 Å². The minimum absolute atomic E-state index is 1.07. The van der Waals surface area contributed by atoms with Gasteiger partial charge in [0.05, 0.1) is 0 Å². The molecule has 0 unspecified atom stereocenters. The average Bonchev–Trinajstić information content (AvgIpc) is 2.90. The molecular formula is C32H22BrN. The summed E-state index contributed by atoms with van der Waals surface area (Å²) in [5.41, 5.74) is 7.07. The molecule has 0 aliphatic carbocycles. The molecule has 162 valence electrons. The standard InChI is InChI=1S/C32H22BrN/c33-26-15-19-28(20-16-26)34-27-17-13-23(14-18-27)22-9-11-24(12-10-22)32-21-25-5-1-2-6-29(25)30-7-3-4-8-31(30)32/h1-21,34H. The van der Waals surface area contributed by atoms with Gasteiger partial charge in [-0.15, -0.1) is 0 Å². The molecule has 0 aliphatic heterocycles. The van der Waals surface area contributed by atoms with Gasteiger partial charge in [0, 0.05) is 15.8 Å². The third-order valence-corrected chi connectivity index (χ3v) is 6.84. The minimum atomic E-state index is 1.07. The monoisotopic (exact) mass is 499 g/mol. The number of rotatable bonds is 4. The number of anilines is 2. The maximum absolute atomic E-state index is 3.48. The summed E-state index contributed by atoms with van der Waals surface area (Å²) < 4.78 is 1.08. The van der Waals surface area contributed by atoms with E-state index < -0.39 is 0 Å². The van der Waals surface area contributed by atoms with Crippen molar-refractivity contribution in [2.24, 2.45) is 0 Å². The van der Waals surface area contributed by atoms with E-state index in [1.165, 1.54) is 43.8 Å². The van der Waals surface area contributed by atoms with E-state index in [4.69, 9.17) is 0 Å².